The number of ether oxygens (including phenoxy) is 6. The molecule has 0 radical (unpaired) electrons. The van der Waals surface area contributed by atoms with Crippen LogP contribution in [0.1, 0.15) is 187 Å². The van der Waals surface area contributed by atoms with E-state index in [9.17, 15) is 45.3 Å². The molecule has 0 amide bonds. The maximum atomic E-state index is 13.0. The largest absolute Gasteiger partial charge is 0.462 e. The first-order chi connectivity index (χ1) is 33.5. The van der Waals surface area contributed by atoms with Crippen LogP contribution in [0.4, 0.5) is 0 Å². The lowest BCUT2D eigenvalue weighted by molar-refractivity contribution is -0.332. The molecule has 2 aliphatic heterocycles. The molecule has 15 nitrogen and oxygen atoms in total. The fraction of sp³-hybridized carbons (Fsp3) is 0.815. The zero-order chi connectivity index (χ0) is 50.3. The van der Waals surface area contributed by atoms with E-state index in [1.165, 1.54) is 96.3 Å². The summed E-state index contributed by atoms with van der Waals surface area (Å²) in [6.07, 6.45) is 28.6. The van der Waals surface area contributed by atoms with Crippen LogP contribution in [-0.2, 0) is 38.0 Å². The molecule has 400 valence electrons. The van der Waals surface area contributed by atoms with Gasteiger partial charge in [-0.3, -0.25) is 9.59 Å². The third-order valence-corrected chi connectivity index (χ3v) is 12.6. The van der Waals surface area contributed by atoms with Crippen LogP contribution in [-0.4, -0.2) is 142 Å². The lowest BCUT2D eigenvalue weighted by Crippen LogP contribution is -2.61. The number of esters is 2. The zero-order valence-corrected chi connectivity index (χ0v) is 42.3. The molecule has 11 atom stereocenters. The summed E-state index contributed by atoms with van der Waals surface area (Å²) in [5.74, 6) is -0.988. The topological polar surface area (TPSA) is 231 Å². The average molecular weight is 983 g/mol. The van der Waals surface area contributed by atoms with Crippen LogP contribution in [0.3, 0.4) is 0 Å². The second-order valence-electron chi connectivity index (χ2n) is 18.7. The Morgan fingerprint density at radius 3 is 1.41 bits per heavy atom. The Morgan fingerprint density at radius 2 is 0.884 bits per heavy atom. The summed E-state index contributed by atoms with van der Waals surface area (Å²) in [7, 11) is 0. The van der Waals surface area contributed by atoms with Crippen molar-refractivity contribution < 1.29 is 73.8 Å². The van der Waals surface area contributed by atoms with Gasteiger partial charge < -0.3 is 64.2 Å². The zero-order valence-electron chi connectivity index (χ0n) is 42.3. The third-order valence-electron chi connectivity index (χ3n) is 12.6. The molecule has 15 heteroatoms. The summed E-state index contributed by atoms with van der Waals surface area (Å²) >= 11 is 0. The number of carbonyl (C=O) groups is 2. The lowest BCUT2D eigenvalue weighted by atomic mass is 9.98. The van der Waals surface area contributed by atoms with Crippen molar-refractivity contribution in [3.63, 3.8) is 0 Å². The molecular formula is C54H94O15. The van der Waals surface area contributed by atoms with E-state index >= 15 is 0 Å². The van der Waals surface area contributed by atoms with Gasteiger partial charge >= 0.3 is 11.9 Å². The van der Waals surface area contributed by atoms with E-state index in [0.717, 1.165) is 44.9 Å². The molecule has 0 aliphatic carbocycles. The molecule has 2 aliphatic rings. The number of aliphatic hydroxyl groups excluding tert-OH is 7. The number of allylic oxidation sites excluding steroid dienone is 8. The second-order valence-corrected chi connectivity index (χ2v) is 18.7. The quantitative estimate of drug-likeness (QED) is 0.0176. The standard InChI is InChI=1S/C54H94O15/c1-3-5-7-9-11-13-15-17-18-19-20-21-22-23-24-25-27-29-31-33-35-37-46(57)67-42(39-64-45(56)36-34-32-30-28-26-16-14-12-10-8-6-4-2)40-65-53-52(63)50(61)48(59)44(69-53)41-66-54-51(62)49(60)47(58)43(38-55)68-54/h18-19,21-22,24-25,29,31,42-44,47-55,58-63H,3-17,20,23,26-28,30,32-41H2,1-2H3/b19-18+,22-21+,25-24+,31-29+/t42-,43+,44+,47-,48-,49?,50?,51?,52?,53+,54+/m1/s1. The van der Waals surface area contributed by atoms with E-state index in [2.05, 4.69) is 50.3 Å². The van der Waals surface area contributed by atoms with Crippen molar-refractivity contribution in [1.29, 1.82) is 0 Å². The predicted molar refractivity (Wildman–Crippen MR) is 266 cm³/mol. The molecule has 0 bridgehead atoms. The van der Waals surface area contributed by atoms with Crippen molar-refractivity contribution in [2.45, 2.75) is 255 Å². The van der Waals surface area contributed by atoms with E-state index in [-0.39, 0.29) is 19.4 Å². The van der Waals surface area contributed by atoms with Crippen molar-refractivity contribution in [3.05, 3.63) is 48.6 Å². The highest BCUT2D eigenvalue weighted by Gasteiger charge is 2.47. The van der Waals surface area contributed by atoms with Gasteiger partial charge in [-0.25, -0.2) is 0 Å². The van der Waals surface area contributed by atoms with Crippen LogP contribution >= 0.6 is 0 Å². The van der Waals surface area contributed by atoms with E-state index < -0.39 is 99.3 Å². The van der Waals surface area contributed by atoms with Crippen molar-refractivity contribution in [2.75, 3.05) is 26.4 Å². The number of hydrogen-bond acceptors (Lipinski definition) is 15. The van der Waals surface area contributed by atoms with Crippen molar-refractivity contribution in [3.8, 4) is 0 Å². The minimum Gasteiger partial charge on any atom is -0.462 e. The summed E-state index contributed by atoms with van der Waals surface area (Å²) in [5.41, 5.74) is 0. The van der Waals surface area contributed by atoms with Gasteiger partial charge in [0.1, 0.15) is 55.4 Å². The van der Waals surface area contributed by atoms with Gasteiger partial charge in [-0.2, -0.15) is 0 Å². The van der Waals surface area contributed by atoms with Crippen LogP contribution < -0.4 is 0 Å². The third kappa shape index (κ3) is 28.9. The molecule has 2 heterocycles. The number of hydrogen-bond donors (Lipinski definition) is 7. The average Bonchev–Trinajstić information content (AvgIpc) is 3.34. The highest BCUT2D eigenvalue weighted by atomic mass is 16.7. The highest BCUT2D eigenvalue weighted by Crippen LogP contribution is 2.26. The Morgan fingerprint density at radius 1 is 0.464 bits per heavy atom. The first-order valence-corrected chi connectivity index (χ1v) is 26.7. The van der Waals surface area contributed by atoms with E-state index in [1.54, 1.807) is 0 Å². The number of aliphatic hydroxyl groups is 7. The fourth-order valence-corrected chi connectivity index (χ4v) is 8.15. The second kappa shape index (κ2) is 41.0. The Bertz CT molecular complexity index is 1390. The molecule has 0 aromatic rings. The summed E-state index contributed by atoms with van der Waals surface area (Å²) in [5, 5.41) is 72.1. The summed E-state index contributed by atoms with van der Waals surface area (Å²) in [6, 6.07) is 0. The van der Waals surface area contributed by atoms with Crippen molar-refractivity contribution >= 4 is 11.9 Å². The van der Waals surface area contributed by atoms with Crippen LogP contribution in [0.25, 0.3) is 0 Å². The van der Waals surface area contributed by atoms with Gasteiger partial charge in [-0.15, -0.1) is 0 Å². The minimum atomic E-state index is -1.77. The molecule has 2 rings (SSSR count). The van der Waals surface area contributed by atoms with Crippen LogP contribution in [0.15, 0.2) is 48.6 Å². The monoisotopic (exact) mass is 983 g/mol. The molecule has 0 saturated carbocycles. The van der Waals surface area contributed by atoms with Crippen LogP contribution in [0, 0.1) is 0 Å². The summed E-state index contributed by atoms with van der Waals surface area (Å²) < 4.78 is 33.5. The van der Waals surface area contributed by atoms with Crippen LogP contribution in [0.2, 0.25) is 0 Å². The molecule has 0 aromatic heterocycles. The van der Waals surface area contributed by atoms with Gasteiger partial charge in [0, 0.05) is 12.8 Å². The Hall–Kier alpha value is -2.54. The SMILES string of the molecule is CCCCCCCCC/C=C/C/C=C/C/C=C/C/C=C/CCCC(=O)O[C@H](COC(=O)CCCCCCCCCCCCCC)CO[C@H]1O[C@@H](CO[C@H]2O[C@@H](CO)[C@@H](O)C(O)C2O)[C@@H](O)C(O)C1O. The Labute approximate surface area is 414 Å². The van der Waals surface area contributed by atoms with E-state index in [4.69, 9.17) is 28.4 Å². The molecule has 0 aromatic carbocycles. The van der Waals surface area contributed by atoms with Gasteiger partial charge in [0.2, 0.25) is 0 Å². The maximum Gasteiger partial charge on any atom is 0.306 e. The van der Waals surface area contributed by atoms with Crippen molar-refractivity contribution in [1.82, 2.24) is 0 Å². The van der Waals surface area contributed by atoms with Gasteiger partial charge in [-0.1, -0.05) is 172 Å². The molecule has 69 heavy (non-hydrogen) atoms. The number of carbonyl (C=O) groups excluding carboxylic acids is 2. The van der Waals surface area contributed by atoms with Crippen LogP contribution in [0.5, 0.6) is 0 Å². The highest BCUT2D eigenvalue weighted by molar-refractivity contribution is 5.70. The minimum absolute atomic E-state index is 0.0899. The molecule has 2 saturated heterocycles. The first kappa shape index (κ1) is 62.6. The molecule has 2 fully saturated rings. The molecule has 7 N–H and O–H groups in total. The smallest absolute Gasteiger partial charge is 0.306 e. The predicted octanol–water partition coefficient (Wildman–Crippen LogP) is 7.88. The lowest BCUT2D eigenvalue weighted by Gasteiger charge is -2.42. The maximum absolute atomic E-state index is 13.0. The van der Waals surface area contributed by atoms with Gasteiger partial charge in [-0.05, 0) is 51.4 Å². The Balaban J connectivity index is 1.82. The number of rotatable bonds is 41. The molecule has 0 spiro atoms. The molecular weight excluding hydrogens is 889 g/mol. The first-order valence-electron chi connectivity index (χ1n) is 26.7. The van der Waals surface area contributed by atoms with E-state index in [1.807, 2.05) is 12.2 Å². The van der Waals surface area contributed by atoms with Gasteiger partial charge in [0.05, 0.1) is 19.8 Å². The summed E-state index contributed by atoms with van der Waals surface area (Å²) in [6.45, 7) is 2.53. The Kier molecular flexibility index (Phi) is 37.2. The van der Waals surface area contributed by atoms with E-state index in [0.29, 0.717) is 19.3 Å². The normalized spacial score (nSPS) is 25.9. The van der Waals surface area contributed by atoms with Crippen molar-refractivity contribution in [2.24, 2.45) is 0 Å². The van der Waals surface area contributed by atoms with Gasteiger partial charge in [0.25, 0.3) is 0 Å². The van der Waals surface area contributed by atoms with Gasteiger partial charge in [0.15, 0.2) is 18.7 Å². The number of unbranched alkanes of at least 4 members (excludes halogenated alkanes) is 19. The molecule has 4 unspecified atom stereocenters. The fourth-order valence-electron chi connectivity index (χ4n) is 8.15. The summed E-state index contributed by atoms with van der Waals surface area (Å²) in [4.78, 5) is 25.7.